The number of aryl methyl sites for hydroxylation is 5. The number of alkyl halides is 1. The van der Waals surface area contributed by atoms with Crippen molar-refractivity contribution < 1.29 is 0 Å². The highest BCUT2D eigenvalue weighted by atomic mass is 79.9. The van der Waals surface area contributed by atoms with E-state index < -0.39 is 16.1 Å². The van der Waals surface area contributed by atoms with Crippen molar-refractivity contribution in [1.82, 2.24) is 22.8 Å². The summed E-state index contributed by atoms with van der Waals surface area (Å²) < 4.78 is 9.27. The molecule has 10 aromatic rings. The standard InChI is InChI=1S/C16H19NOSi.C14H13NO.C13H11NO.C11H10BrNO.C11H10ClNO.C5H10Si.CH3Br/c1-12-10-14-11-13(8-9-19(3,4)5)6-7-15(14)16(18)17(12)2;1-4-5-11-6-7-13-12(9-11)8-10(2)15(3)14(13)16;1-4-10-5-6-12-11(8-10)7-9(2)14(3)13(12)15;2*1-7-5-8-6-9(12)3-4-10(8)11(14)13(7)2;1-5-6(2,3)4;1-2/h6-7,10-11H,1-5H3;6-9H,1-3H3;1,5-8H,2-3H3;2*3-6H,1-2H3;1H,2-4H3;1H3. The fourth-order valence-corrected chi connectivity index (χ4v) is 9.37. The molecule has 0 aliphatic carbocycles. The molecule has 444 valence electrons. The molecule has 5 aromatic carbocycles. The Morgan fingerprint density at radius 2 is 0.686 bits per heavy atom. The van der Waals surface area contributed by atoms with Crippen LogP contribution in [0.25, 0.3) is 53.9 Å². The number of halogens is 3. The monoisotopic (exact) mass is 1330 g/mol. The number of aromatic nitrogens is 5. The summed E-state index contributed by atoms with van der Waals surface area (Å²) in [6.07, 6.45) is 10.4. The van der Waals surface area contributed by atoms with Crippen LogP contribution < -0.4 is 27.8 Å². The van der Waals surface area contributed by atoms with Gasteiger partial charge in [0.25, 0.3) is 27.8 Å². The van der Waals surface area contributed by atoms with Gasteiger partial charge in [0.15, 0.2) is 0 Å². The first-order valence-electron chi connectivity index (χ1n) is 27.4. The Morgan fingerprint density at radius 1 is 0.407 bits per heavy atom. The minimum atomic E-state index is -1.37. The Hall–Kier alpha value is -7.93. The summed E-state index contributed by atoms with van der Waals surface area (Å²) >= 11 is 12.2. The van der Waals surface area contributed by atoms with Crippen molar-refractivity contribution in [1.29, 1.82) is 0 Å². The highest BCUT2D eigenvalue weighted by Crippen LogP contribution is 2.20. The topological polar surface area (TPSA) is 110 Å². The molecule has 5 heterocycles. The van der Waals surface area contributed by atoms with Gasteiger partial charge in [-0.25, -0.2) is 0 Å². The van der Waals surface area contributed by atoms with E-state index in [2.05, 4.69) is 106 Å². The first-order chi connectivity index (χ1) is 40.3. The average Bonchev–Trinajstić information content (AvgIpc) is 1.49. The highest BCUT2D eigenvalue weighted by molar-refractivity contribution is 9.10. The maximum atomic E-state index is 12.1. The summed E-state index contributed by atoms with van der Waals surface area (Å²) in [7, 11) is 6.45. The molecule has 0 radical (unpaired) electrons. The first-order valence-corrected chi connectivity index (χ1v) is 37.2. The molecule has 0 N–H and O–H groups in total. The second-order valence-electron chi connectivity index (χ2n) is 22.5. The Balaban J connectivity index is 0.000000224. The van der Waals surface area contributed by atoms with Crippen molar-refractivity contribution >= 4 is 113 Å². The molecule has 0 aliphatic rings. The summed E-state index contributed by atoms with van der Waals surface area (Å²) in [4.78, 5) is 59.5. The Morgan fingerprint density at radius 3 is 1.00 bits per heavy atom. The lowest BCUT2D eigenvalue weighted by molar-refractivity contribution is 0.830. The summed E-state index contributed by atoms with van der Waals surface area (Å²) in [6, 6.07) is 38.0. The number of fused-ring (bicyclic) bond motifs is 5. The van der Waals surface area contributed by atoms with Gasteiger partial charge in [0.1, 0.15) is 16.1 Å². The number of pyridine rings is 5. The number of benzene rings is 5. The molecule has 0 saturated heterocycles. The molecule has 0 atom stereocenters. The summed E-state index contributed by atoms with van der Waals surface area (Å²) in [5.74, 6) is 13.5. The van der Waals surface area contributed by atoms with Crippen LogP contribution in [0.4, 0.5) is 0 Å². The first kappa shape index (κ1) is 70.6. The van der Waals surface area contributed by atoms with Crippen LogP contribution in [0.15, 0.2) is 150 Å². The van der Waals surface area contributed by atoms with Crippen LogP contribution in [0.1, 0.15) is 52.1 Å². The molecule has 86 heavy (non-hydrogen) atoms. The molecule has 0 spiro atoms. The fraction of sp³-hybridized carbons (Fsp3) is 0.254. The van der Waals surface area contributed by atoms with Crippen molar-refractivity contribution in [2.45, 2.75) is 80.8 Å². The Labute approximate surface area is 529 Å². The minimum Gasteiger partial charge on any atom is -0.315 e. The maximum absolute atomic E-state index is 12.1. The number of nitrogens with zero attached hydrogens (tertiary/aromatic N) is 5. The van der Waals surface area contributed by atoms with E-state index in [1.165, 1.54) is 0 Å². The molecule has 0 bridgehead atoms. The van der Waals surface area contributed by atoms with Crippen LogP contribution in [-0.2, 0) is 35.2 Å². The van der Waals surface area contributed by atoms with Crippen LogP contribution in [0.3, 0.4) is 0 Å². The lowest BCUT2D eigenvalue weighted by Crippen LogP contribution is -2.18. The van der Waals surface area contributed by atoms with Crippen molar-refractivity contribution in [2.24, 2.45) is 35.2 Å². The number of terminal acetylenes is 2. The second-order valence-corrected chi connectivity index (χ2v) is 33.4. The van der Waals surface area contributed by atoms with Gasteiger partial charge in [0.2, 0.25) is 0 Å². The van der Waals surface area contributed by atoms with Crippen molar-refractivity contribution in [3.63, 3.8) is 0 Å². The fourth-order valence-electron chi connectivity index (χ4n) is 8.29. The van der Waals surface area contributed by atoms with Gasteiger partial charge >= 0.3 is 0 Å². The van der Waals surface area contributed by atoms with Gasteiger partial charge in [0, 0.05) is 117 Å². The zero-order valence-electron chi connectivity index (χ0n) is 52.6. The average molecular weight is 1330 g/mol. The molecular formula is C71H76Br2ClN5O5Si2. The van der Waals surface area contributed by atoms with E-state index in [0.29, 0.717) is 15.8 Å². The van der Waals surface area contributed by atoms with Crippen molar-refractivity contribution in [3.05, 3.63) is 228 Å². The van der Waals surface area contributed by atoms with Gasteiger partial charge in [0.05, 0.1) is 0 Å². The van der Waals surface area contributed by atoms with E-state index in [1.54, 1.807) is 89.3 Å². The summed E-state index contributed by atoms with van der Waals surface area (Å²) in [5.41, 5.74) is 13.8. The van der Waals surface area contributed by atoms with Crippen LogP contribution in [-0.4, -0.2) is 44.8 Å². The van der Waals surface area contributed by atoms with Gasteiger partial charge in [-0.3, -0.25) is 24.0 Å². The molecule has 10 nitrogen and oxygen atoms in total. The molecule has 0 unspecified atom stereocenters. The van der Waals surface area contributed by atoms with Crippen LogP contribution in [0.5, 0.6) is 0 Å². The summed E-state index contributed by atoms with van der Waals surface area (Å²) in [6.45, 7) is 24.5. The zero-order chi connectivity index (χ0) is 64.7. The quantitative estimate of drug-likeness (QED) is 0.0853. The minimum absolute atomic E-state index is 0.0218. The summed E-state index contributed by atoms with van der Waals surface area (Å²) in [5, 5.41) is 9.07. The van der Waals surface area contributed by atoms with Gasteiger partial charge < -0.3 is 22.8 Å². The van der Waals surface area contributed by atoms with E-state index in [4.69, 9.17) is 24.4 Å². The molecule has 0 saturated carbocycles. The zero-order valence-corrected chi connectivity index (χ0v) is 58.5. The largest absolute Gasteiger partial charge is 0.315 e. The Kier molecular flexibility index (Phi) is 25.4. The van der Waals surface area contributed by atoms with E-state index in [-0.39, 0.29) is 27.8 Å². The van der Waals surface area contributed by atoms with E-state index in [9.17, 15) is 24.0 Å². The SMILES string of the molecule is C#C[Si](C)(C)C.C#Cc1ccc2c(=O)n(C)c(C)cc2c1.CBr.CC#Cc1ccc2c(=O)n(C)c(C)cc2c1.Cc1cc2cc(Br)ccc2c(=O)n1C.Cc1cc2cc(C#C[Si](C)(C)C)ccc2c(=O)n1C.Cc1cc2cc(Cl)ccc2c(=O)n1C. The van der Waals surface area contributed by atoms with Gasteiger partial charge in [-0.15, -0.1) is 29.9 Å². The Bertz CT molecular complexity index is 4630. The van der Waals surface area contributed by atoms with E-state index >= 15 is 0 Å². The van der Waals surface area contributed by atoms with Gasteiger partial charge in [-0.05, 0) is 196 Å². The van der Waals surface area contributed by atoms with Crippen molar-refractivity contribution in [2.75, 3.05) is 5.83 Å². The predicted octanol–water partition coefficient (Wildman–Crippen LogP) is 14.7. The predicted molar refractivity (Wildman–Crippen MR) is 380 cm³/mol. The van der Waals surface area contributed by atoms with Gasteiger partial charge in [-0.1, -0.05) is 101 Å². The lowest BCUT2D eigenvalue weighted by Gasteiger charge is -2.06. The molecule has 15 heteroatoms. The molecule has 5 aromatic heterocycles. The number of rotatable bonds is 0. The normalized spacial score (nSPS) is 10.4. The van der Waals surface area contributed by atoms with E-state index in [0.717, 1.165) is 92.7 Å². The third-order valence-electron chi connectivity index (χ3n) is 13.8. The third-order valence-corrected chi connectivity index (χ3v) is 16.2. The smallest absolute Gasteiger partial charge is 0.258 e. The number of hydrogen-bond acceptors (Lipinski definition) is 5. The van der Waals surface area contributed by atoms with Gasteiger partial charge in [-0.2, -0.15) is 0 Å². The van der Waals surface area contributed by atoms with Crippen LogP contribution in [0, 0.1) is 82.2 Å². The van der Waals surface area contributed by atoms with E-state index in [1.807, 2.05) is 138 Å². The lowest BCUT2D eigenvalue weighted by atomic mass is 10.1. The molecule has 0 aliphatic heterocycles. The molecule has 10 rings (SSSR count). The van der Waals surface area contributed by atoms with Crippen LogP contribution >= 0.6 is 43.5 Å². The highest BCUT2D eigenvalue weighted by Gasteiger charge is 2.10. The van der Waals surface area contributed by atoms with Crippen molar-refractivity contribution in [3.8, 4) is 47.6 Å². The molecule has 0 amide bonds. The third kappa shape index (κ3) is 18.8. The second kappa shape index (κ2) is 30.9. The van der Waals surface area contributed by atoms with Crippen LogP contribution in [0.2, 0.25) is 44.3 Å². The number of hydrogen-bond donors (Lipinski definition) is 0. The maximum Gasteiger partial charge on any atom is 0.258 e. The molecular weight excluding hydrogens is 1250 g/mol. The molecule has 0 fully saturated rings.